The topological polar surface area (TPSA) is 138 Å². The van der Waals surface area contributed by atoms with Crippen LogP contribution in [0.15, 0.2) is 17.2 Å². The maximum atomic E-state index is 12.0. The number of carbonyl (C=O) groups is 2. The van der Waals surface area contributed by atoms with Gasteiger partial charge in [-0.05, 0) is 13.1 Å². The second-order valence-corrected chi connectivity index (χ2v) is 6.14. The molecule has 9 nitrogen and oxygen atoms in total. The molecule has 10 heteroatoms. The lowest BCUT2D eigenvalue weighted by Gasteiger charge is -2.13. The first-order valence-electron chi connectivity index (χ1n) is 5.97. The van der Waals surface area contributed by atoms with Crippen LogP contribution in [-0.4, -0.2) is 54.8 Å². The number of sulfonamides is 1. The van der Waals surface area contributed by atoms with Gasteiger partial charge >= 0.3 is 5.97 Å². The molecule has 1 aromatic rings. The van der Waals surface area contributed by atoms with Crippen molar-refractivity contribution in [1.29, 1.82) is 0 Å². The van der Waals surface area contributed by atoms with E-state index in [0.717, 1.165) is 6.07 Å². The summed E-state index contributed by atoms with van der Waals surface area (Å²) in [5, 5.41) is 19.9. The third kappa shape index (κ3) is 4.03. The fraction of sp³-hybridized carbons (Fsp3) is 0.455. The first-order chi connectivity index (χ1) is 9.72. The van der Waals surface area contributed by atoms with Crippen molar-refractivity contribution in [1.82, 2.24) is 14.6 Å². The fourth-order valence-electron chi connectivity index (χ4n) is 1.64. The summed E-state index contributed by atoms with van der Waals surface area (Å²) in [5.74, 6) is -2.02. The first kappa shape index (κ1) is 17.1. The second kappa shape index (κ2) is 6.70. The van der Waals surface area contributed by atoms with Crippen molar-refractivity contribution in [3.63, 3.8) is 0 Å². The Morgan fingerprint density at radius 1 is 1.43 bits per heavy atom. The van der Waals surface area contributed by atoms with E-state index in [2.05, 4.69) is 10.0 Å². The average molecular weight is 319 g/mol. The number of carboxylic acids is 1. The number of nitrogens with zero attached hydrogens (tertiary/aromatic N) is 1. The number of amides is 1. The van der Waals surface area contributed by atoms with E-state index in [1.807, 2.05) is 0 Å². The third-order valence-electron chi connectivity index (χ3n) is 2.81. The molecule has 0 aliphatic rings. The molecule has 1 heterocycles. The molecule has 0 aliphatic heterocycles. The maximum absolute atomic E-state index is 12.0. The van der Waals surface area contributed by atoms with Crippen LogP contribution in [0.5, 0.6) is 0 Å². The zero-order valence-electron chi connectivity index (χ0n) is 11.5. The van der Waals surface area contributed by atoms with Crippen molar-refractivity contribution in [2.24, 2.45) is 7.05 Å². The highest BCUT2D eigenvalue weighted by Crippen LogP contribution is 2.13. The first-order valence-corrected chi connectivity index (χ1v) is 7.45. The van der Waals surface area contributed by atoms with Crippen molar-refractivity contribution in [3.8, 4) is 0 Å². The van der Waals surface area contributed by atoms with Crippen molar-refractivity contribution >= 4 is 21.9 Å². The van der Waals surface area contributed by atoms with Crippen LogP contribution in [0.1, 0.15) is 16.9 Å². The highest BCUT2D eigenvalue weighted by Gasteiger charge is 2.23. The Labute approximate surface area is 121 Å². The Morgan fingerprint density at radius 3 is 2.52 bits per heavy atom. The molecule has 0 fully saturated rings. The molecule has 0 aromatic carbocycles. The van der Waals surface area contributed by atoms with Crippen molar-refractivity contribution in [2.75, 3.05) is 13.7 Å². The van der Waals surface area contributed by atoms with Crippen LogP contribution in [0.2, 0.25) is 0 Å². The number of hydrogen-bond donors (Lipinski definition) is 4. The highest BCUT2D eigenvalue weighted by molar-refractivity contribution is 7.89. The summed E-state index contributed by atoms with van der Waals surface area (Å²) in [6, 6.07) is -0.110. The second-order valence-electron chi connectivity index (χ2n) is 4.26. The summed E-state index contributed by atoms with van der Waals surface area (Å²) in [5.41, 5.74) is -0.00647. The monoisotopic (exact) mass is 319 g/mol. The minimum atomic E-state index is -3.70. The zero-order chi connectivity index (χ0) is 16.2. The molecule has 1 aromatic heterocycles. The van der Waals surface area contributed by atoms with Crippen molar-refractivity contribution in [3.05, 3.63) is 18.0 Å². The molecule has 0 aliphatic carbocycles. The average Bonchev–Trinajstić information content (AvgIpc) is 2.81. The maximum Gasteiger partial charge on any atom is 0.326 e. The summed E-state index contributed by atoms with van der Waals surface area (Å²) < 4.78 is 26.7. The quantitative estimate of drug-likeness (QED) is 0.482. The summed E-state index contributed by atoms with van der Waals surface area (Å²) in [6.45, 7) is -0.399. The smallest absolute Gasteiger partial charge is 0.326 e. The molecule has 1 unspecified atom stereocenters. The van der Waals surface area contributed by atoms with E-state index in [0.29, 0.717) is 0 Å². The number of aliphatic carboxylic acids is 1. The van der Waals surface area contributed by atoms with Gasteiger partial charge in [-0.3, -0.25) is 4.79 Å². The Morgan fingerprint density at radius 2 is 2.05 bits per heavy atom. The predicted molar refractivity (Wildman–Crippen MR) is 72.3 cm³/mol. The number of nitrogens with one attached hydrogen (secondary N) is 2. The summed E-state index contributed by atoms with van der Waals surface area (Å²) >= 11 is 0. The van der Waals surface area contributed by atoms with Crippen LogP contribution < -0.4 is 10.0 Å². The van der Waals surface area contributed by atoms with Gasteiger partial charge in [-0.25, -0.2) is 17.9 Å². The standard InChI is InChI=1S/C11H17N3O6S/c1-12-21(19,20)7-5-9(14(2)6-7)10(16)13-8(3-4-15)11(17)18/h5-6,8,12,15H,3-4H2,1-2H3,(H,13,16)(H,17,18). The van der Waals surface area contributed by atoms with Gasteiger partial charge in [0.2, 0.25) is 10.0 Å². The van der Waals surface area contributed by atoms with Crippen molar-refractivity contribution in [2.45, 2.75) is 17.4 Å². The minimum absolute atomic E-state index is 0.00647. The Kier molecular flexibility index (Phi) is 5.47. The number of carboxylic acid groups (broad SMARTS) is 1. The summed E-state index contributed by atoms with van der Waals surface area (Å²) in [6.07, 6.45) is 1.09. The van der Waals surface area contributed by atoms with E-state index in [1.165, 1.54) is 24.9 Å². The largest absolute Gasteiger partial charge is 0.480 e. The molecule has 21 heavy (non-hydrogen) atoms. The highest BCUT2D eigenvalue weighted by atomic mass is 32.2. The van der Waals surface area contributed by atoms with Gasteiger partial charge in [0.25, 0.3) is 5.91 Å². The lowest BCUT2D eigenvalue weighted by molar-refractivity contribution is -0.139. The molecular weight excluding hydrogens is 302 g/mol. The summed E-state index contributed by atoms with van der Waals surface area (Å²) in [4.78, 5) is 22.8. The zero-order valence-corrected chi connectivity index (χ0v) is 12.3. The van der Waals surface area contributed by atoms with Crippen molar-refractivity contribution < 1.29 is 28.2 Å². The number of carbonyl (C=O) groups excluding carboxylic acids is 1. The van der Waals surface area contributed by atoms with Gasteiger partial charge in [0.1, 0.15) is 16.6 Å². The van der Waals surface area contributed by atoms with Crippen LogP contribution in [0, 0.1) is 0 Å². The van der Waals surface area contributed by atoms with Crippen LogP contribution in [0.3, 0.4) is 0 Å². The van der Waals surface area contributed by atoms with Gasteiger partial charge in [-0.1, -0.05) is 0 Å². The predicted octanol–water partition coefficient (Wildman–Crippen LogP) is -1.50. The van der Waals surface area contributed by atoms with Gasteiger partial charge in [0, 0.05) is 26.3 Å². The molecule has 0 spiro atoms. The SMILES string of the molecule is CNS(=O)(=O)c1cc(C(=O)NC(CCO)C(=O)O)n(C)c1. The van der Waals surface area contributed by atoms with Crippen LogP contribution in [-0.2, 0) is 21.9 Å². The minimum Gasteiger partial charge on any atom is -0.480 e. The Hall–Kier alpha value is -1.91. The molecule has 1 rings (SSSR count). The molecule has 1 amide bonds. The van der Waals surface area contributed by atoms with Gasteiger partial charge in [-0.2, -0.15) is 0 Å². The van der Waals surface area contributed by atoms with Gasteiger partial charge < -0.3 is 20.1 Å². The Balaban J connectivity index is 3.01. The number of aliphatic hydroxyl groups is 1. The molecule has 118 valence electrons. The van der Waals surface area contributed by atoms with E-state index in [-0.39, 0.29) is 17.0 Å². The lowest BCUT2D eigenvalue weighted by Crippen LogP contribution is -2.41. The van der Waals surface area contributed by atoms with Crippen LogP contribution >= 0.6 is 0 Å². The van der Waals surface area contributed by atoms with Crippen LogP contribution in [0.25, 0.3) is 0 Å². The van der Waals surface area contributed by atoms with E-state index in [9.17, 15) is 18.0 Å². The molecular formula is C11H17N3O6S. The molecule has 0 bridgehead atoms. The van der Waals surface area contributed by atoms with Gasteiger partial charge in [0.05, 0.1) is 0 Å². The molecule has 1 atom stereocenters. The number of aromatic nitrogens is 1. The van der Waals surface area contributed by atoms with E-state index in [1.54, 1.807) is 0 Å². The number of aliphatic hydroxyl groups excluding tert-OH is 1. The molecule has 0 saturated heterocycles. The number of aryl methyl sites for hydroxylation is 1. The normalized spacial score (nSPS) is 12.9. The molecule has 4 N–H and O–H groups in total. The van der Waals surface area contributed by atoms with Gasteiger partial charge in [-0.15, -0.1) is 0 Å². The molecule has 0 saturated carbocycles. The molecule has 0 radical (unpaired) electrons. The number of hydrogen-bond acceptors (Lipinski definition) is 5. The van der Waals surface area contributed by atoms with Crippen LogP contribution in [0.4, 0.5) is 0 Å². The Bertz CT molecular complexity index is 636. The number of rotatable bonds is 7. The van der Waals surface area contributed by atoms with E-state index >= 15 is 0 Å². The fourth-order valence-corrected chi connectivity index (χ4v) is 2.44. The lowest BCUT2D eigenvalue weighted by atomic mass is 10.2. The van der Waals surface area contributed by atoms with E-state index in [4.69, 9.17) is 10.2 Å². The van der Waals surface area contributed by atoms with Gasteiger partial charge in [0.15, 0.2) is 0 Å². The van der Waals surface area contributed by atoms with E-state index < -0.39 is 34.5 Å². The summed E-state index contributed by atoms with van der Waals surface area (Å²) in [7, 11) is -0.992. The third-order valence-corrected chi connectivity index (χ3v) is 4.19.